The van der Waals surface area contributed by atoms with Crippen molar-refractivity contribution in [1.82, 2.24) is 9.62 Å². The molecule has 0 radical (unpaired) electrons. The van der Waals surface area contributed by atoms with Crippen LogP contribution in [0.1, 0.15) is 54.1 Å². The molecule has 1 unspecified atom stereocenters. The molecule has 0 aromatic heterocycles. The molecule has 1 saturated heterocycles. The number of hydrogen-bond donors (Lipinski definition) is 1. The van der Waals surface area contributed by atoms with Crippen molar-refractivity contribution in [1.29, 1.82) is 0 Å². The van der Waals surface area contributed by atoms with Gasteiger partial charge in [0.15, 0.2) is 6.10 Å². The van der Waals surface area contributed by atoms with Crippen molar-refractivity contribution in [3.63, 3.8) is 0 Å². The van der Waals surface area contributed by atoms with Gasteiger partial charge in [0.05, 0.1) is 10.5 Å². The summed E-state index contributed by atoms with van der Waals surface area (Å²) in [5.41, 5.74) is 1.42. The highest BCUT2D eigenvalue weighted by Gasteiger charge is 2.26. The lowest BCUT2D eigenvalue weighted by Crippen LogP contribution is -2.40. The molecule has 0 bridgehead atoms. The first-order chi connectivity index (χ1) is 15.3. The number of hydrogen-bond acceptors (Lipinski definition) is 5. The molecule has 0 aliphatic carbocycles. The summed E-state index contributed by atoms with van der Waals surface area (Å²) in [4.78, 5) is 27.1. The minimum Gasteiger partial charge on any atom is -0.449 e. The molecular formula is C24H30N2O5S. The highest BCUT2D eigenvalue weighted by Crippen LogP contribution is 2.19. The van der Waals surface area contributed by atoms with Gasteiger partial charge < -0.3 is 9.64 Å². The predicted octanol–water partition coefficient (Wildman–Crippen LogP) is 3.42. The van der Waals surface area contributed by atoms with E-state index in [1.807, 2.05) is 30.3 Å². The van der Waals surface area contributed by atoms with Crippen molar-refractivity contribution in [3.8, 4) is 0 Å². The second-order valence-electron chi connectivity index (χ2n) is 8.08. The maximum absolute atomic E-state index is 12.8. The van der Waals surface area contributed by atoms with Gasteiger partial charge in [-0.2, -0.15) is 0 Å². The molecule has 1 fully saturated rings. The summed E-state index contributed by atoms with van der Waals surface area (Å²) in [5.74, 6) is -0.940. The van der Waals surface area contributed by atoms with Crippen molar-refractivity contribution < 1.29 is 22.7 Å². The van der Waals surface area contributed by atoms with Crippen molar-refractivity contribution in [2.45, 2.75) is 57.1 Å². The largest absolute Gasteiger partial charge is 0.449 e. The molecule has 0 spiro atoms. The maximum atomic E-state index is 12.8. The van der Waals surface area contributed by atoms with Crippen LogP contribution < -0.4 is 4.72 Å². The van der Waals surface area contributed by atoms with Crippen LogP contribution in [0.15, 0.2) is 53.4 Å². The molecule has 1 aliphatic heterocycles. The predicted molar refractivity (Wildman–Crippen MR) is 122 cm³/mol. The molecule has 1 aliphatic rings. The fraction of sp³-hybridized carbons (Fsp3) is 0.417. The molecule has 2 aromatic rings. The van der Waals surface area contributed by atoms with Crippen LogP contribution in [-0.2, 0) is 26.1 Å². The smallest absolute Gasteiger partial charge is 0.338 e. The molecule has 2 aromatic carbocycles. The number of ether oxygens (including phenoxy) is 1. The highest BCUT2D eigenvalue weighted by atomic mass is 32.2. The number of carbonyl (C=O) groups is 2. The summed E-state index contributed by atoms with van der Waals surface area (Å²) in [6.45, 7) is 4.69. The number of amides is 1. The molecule has 3 rings (SSSR count). The first kappa shape index (κ1) is 23.9. The second-order valence-corrected chi connectivity index (χ2v) is 9.81. The zero-order valence-corrected chi connectivity index (χ0v) is 19.4. The monoisotopic (exact) mass is 458 g/mol. The quantitative estimate of drug-likeness (QED) is 0.642. The third kappa shape index (κ3) is 6.17. The van der Waals surface area contributed by atoms with Crippen molar-refractivity contribution >= 4 is 21.9 Å². The van der Waals surface area contributed by atoms with E-state index in [4.69, 9.17) is 4.74 Å². The summed E-state index contributed by atoms with van der Waals surface area (Å²) in [7, 11) is -3.84. The lowest BCUT2D eigenvalue weighted by atomic mass is 10.1. The minimum atomic E-state index is -3.84. The van der Waals surface area contributed by atoms with Crippen LogP contribution in [0, 0.1) is 6.92 Å². The zero-order valence-electron chi connectivity index (χ0n) is 18.5. The van der Waals surface area contributed by atoms with E-state index in [1.54, 1.807) is 24.8 Å². The van der Waals surface area contributed by atoms with E-state index in [0.717, 1.165) is 31.2 Å². The van der Waals surface area contributed by atoms with Gasteiger partial charge >= 0.3 is 5.97 Å². The van der Waals surface area contributed by atoms with Gasteiger partial charge in [-0.05, 0) is 49.9 Å². The van der Waals surface area contributed by atoms with Crippen LogP contribution in [0.4, 0.5) is 0 Å². The summed E-state index contributed by atoms with van der Waals surface area (Å²) in [5, 5.41) is 0. The third-order valence-electron chi connectivity index (χ3n) is 5.57. The summed E-state index contributed by atoms with van der Waals surface area (Å²) >= 11 is 0. The van der Waals surface area contributed by atoms with E-state index in [0.29, 0.717) is 18.7 Å². The summed E-state index contributed by atoms with van der Waals surface area (Å²) < 4.78 is 33.6. The minimum absolute atomic E-state index is 0.00868. The van der Waals surface area contributed by atoms with Crippen molar-refractivity contribution in [2.24, 2.45) is 0 Å². The van der Waals surface area contributed by atoms with E-state index in [2.05, 4.69) is 4.72 Å². The fourth-order valence-electron chi connectivity index (χ4n) is 3.70. The number of aryl methyl sites for hydroxylation is 1. The van der Waals surface area contributed by atoms with Gasteiger partial charge in [-0.1, -0.05) is 49.2 Å². The van der Waals surface area contributed by atoms with Crippen LogP contribution in [0.5, 0.6) is 0 Å². The molecular weight excluding hydrogens is 428 g/mol. The topological polar surface area (TPSA) is 92.8 Å². The van der Waals surface area contributed by atoms with Gasteiger partial charge in [0.1, 0.15) is 0 Å². The Kier molecular flexibility index (Phi) is 8.04. The van der Waals surface area contributed by atoms with Gasteiger partial charge in [-0.3, -0.25) is 4.79 Å². The molecule has 8 heteroatoms. The van der Waals surface area contributed by atoms with E-state index < -0.39 is 22.1 Å². The molecule has 32 heavy (non-hydrogen) atoms. The van der Waals surface area contributed by atoms with Gasteiger partial charge in [0.25, 0.3) is 5.91 Å². The van der Waals surface area contributed by atoms with Gasteiger partial charge in [-0.15, -0.1) is 0 Å². The maximum Gasteiger partial charge on any atom is 0.338 e. The number of carbonyl (C=O) groups excluding carboxylic acids is 2. The molecule has 1 N–H and O–H groups in total. The number of likely N-dealkylation sites (tertiary alicyclic amines) is 1. The van der Waals surface area contributed by atoms with Crippen LogP contribution in [0.3, 0.4) is 0 Å². The number of rotatable bonds is 7. The van der Waals surface area contributed by atoms with Gasteiger partial charge in [0, 0.05) is 19.6 Å². The van der Waals surface area contributed by atoms with Gasteiger partial charge in [-0.25, -0.2) is 17.9 Å². The Balaban J connectivity index is 1.69. The van der Waals surface area contributed by atoms with Crippen molar-refractivity contribution in [2.75, 3.05) is 13.1 Å². The van der Waals surface area contributed by atoms with Crippen LogP contribution >= 0.6 is 0 Å². The fourth-order valence-corrected chi connectivity index (χ4v) is 4.98. The number of benzene rings is 2. The standard InChI is InChI=1S/C24H30N2O5S/c1-18-12-13-21(16-22(18)32(29,30)25-17-20-10-6-5-7-11-20)24(28)31-19(2)23(27)26-14-8-3-4-9-15-26/h5-7,10-13,16,19,25H,3-4,8-9,14-15,17H2,1-2H3. The molecule has 1 heterocycles. The van der Waals surface area contributed by atoms with Crippen LogP contribution in [-0.4, -0.2) is 44.4 Å². The third-order valence-corrected chi connectivity index (χ3v) is 7.12. The van der Waals surface area contributed by atoms with Gasteiger partial charge in [0.2, 0.25) is 10.0 Å². The lowest BCUT2D eigenvalue weighted by molar-refractivity contribution is -0.139. The molecule has 1 amide bonds. The normalized spacial score (nSPS) is 15.6. The summed E-state index contributed by atoms with van der Waals surface area (Å²) in [6.07, 6.45) is 3.15. The van der Waals surface area contributed by atoms with E-state index in [1.165, 1.54) is 12.1 Å². The number of nitrogens with zero attached hydrogens (tertiary/aromatic N) is 1. The number of esters is 1. The second kappa shape index (κ2) is 10.7. The number of sulfonamides is 1. The van der Waals surface area contributed by atoms with Crippen LogP contribution in [0.2, 0.25) is 0 Å². The Morgan fingerprint density at radius 3 is 2.34 bits per heavy atom. The first-order valence-corrected chi connectivity index (χ1v) is 12.4. The lowest BCUT2D eigenvalue weighted by Gasteiger charge is -2.24. The Bertz CT molecular complexity index is 1050. The Morgan fingerprint density at radius 2 is 1.69 bits per heavy atom. The Labute approximate surface area is 189 Å². The van der Waals surface area contributed by atoms with E-state index in [-0.39, 0.29) is 22.9 Å². The Morgan fingerprint density at radius 1 is 1.03 bits per heavy atom. The average Bonchev–Trinajstić information content (AvgIpc) is 3.07. The number of nitrogens with one attached hydrogen (secondary N) is 1. The van der Waals surface area contributed by atoms with E-state index >= 15 is 0 Å². The average molecular weight is 459 g/mol. The van der Waals surface area contributed by atoms with Crippen molar-refractivity contribution in [3.05, 3.63) is 65.2 Å². The van der Waals surface area contributed by atoms with Crippen LogP contribution in [0.25, 0.3) is 0 Å². The molecule has 1 atom stereocenters. The van der Waals surface area contributed by atoms with E-state index in [9.17, 15) is 18.0 Å². The highest BCUT2D eigenvalue weighted by molar-refractivity contribution is 7.89. The molecule has 7 nitrogen and oxygen atoms in total. The first-order valence-electron chi connectivity index (χ1n) is 10.9. The molecule has 172 valence electrons. The Hall–Kier alpha value is -2.71. The SMILES string of the molecule is Cc1ccc(C(=O)OC(C)C(=O)N2CCCCCC2)cc1S(=O)(=O)NCc1ccccc1. The zero-order chi connectivity index (χ0) is 23.1. The molecule has 0 saturated carbocycles. The summed E-state index contributed by atoms with van der Waals surface area (Å²) in [6, 6.07) is 13.5.